The largest absolute Gasteiger partial charge is 0.497 e. The van der Waals surface area contributed by atoms with Crippen molar-refractivity contribution in [3.63, 3.8) is 0 Å². The molecule has 0 radical (unpaired) electrons. The molecule has 1 atom stereocenters. The Bertz CT molecular complexity index is 974. The van der Waals surface area contributed by atoms with Gasteiger partial charge < -0.3 is 25.0 Å². The molecule has 1 aliphatic heterocycles. The van der Waals surface area contributed by atoms with E-state index in [9.17, 15) is 14.4 Å². The molecular formula is C24H29N3O5. The average molecular weight is 440 g/mol. The summed E-state index contributed by atoms with van der Waals surface area (Å²) in [5.74, 6) is 0.277. The van der Waals surface area contributed by atoms with Gasteiger partial charge in [-0.15, -0.1) is 0 Å². The minimum Gasteiger partial charge on any atom is -0.497 e. The summed E-state index contributed by atoms with van der Waals surface area (Å²) in [6.07, 6.45) is 2.18. The third-order valence-corrected chi connectivity index (χ3v) is 5.44. The van der Waals surface area contributed by atoms with E-state index in [4.69, 9.17) is 9.47 Å². The molecule has 1 heterocycles. The predicted molar refractivity (Wildman–Crippen MR) is 122 cm³/mol. The highest BCUT2D eigenvalue weighted by molar-refractivity contribution is 6.05. The van der Waals surface area contributed by atoms with Gasteiger partial charge in [0.2, 0.25) is 11.8 Å². The molecule has 1 fully saturated rings. The molecule has 1 aliphatic rings. The molecule has 8 heteroatoms. The number of anilines is 2. The molecule has 2 N–H and O–H groups in total. The van der Waals surface area contributed by atoms with Gasteiger partial charge in [-0.25, -0.2) is 0 Å². The molecule has 32 heavy (non-hydrogen) atoms. The van der Waals surface area contributed by atoms with E-state index in [2.05, 4.69) is 17.6 Å². The normalized spacial score (nSPS) is 15.4. The number of nitrogens with one attached hydrogen (secondary N) is 2. The van der Waals surface area contributed by atoms with Crippen LogP contribution in [-0.2, 0) is 9.59 Å². The number of hydrogen-bond donors (Lipinski definition) is 2. The van der Waals surface area contributed by atoms with Crippen LogP contribution in [0, 0.1) is 5.92 Å². The zero-order chi connectivity index (χ0) is 23.1. The maximum Gasteiger partial charge on any atom is 0.255 e. The van der Waals surface area contributed by atoms with Crippen LogP contribution < -0.4 is 20.1 Å². The maximum absolute atomic E-state index is 12.6. The van der Waals surface area contributed by atoms with E-state index in [1.54, 1.807) is 54.5 Å². The minimum atomic E-state index is -0.358. The van der Waals surface area contributed by atoms with Crippen LogP contribution in [0.4, 0.5) is 11.4 Å². The van der Waals surface area contributed by atoms with Gasteiger partial charge in [-0.05, 0) is 42.8 Å². The Balaban J connectivity index is 1.60. The van der Waals surface area contributed by atoms with E-state index in [0.717, 1.165) is 12.8 Å². The molecular weight excluding hydrogens is 410 g/mol. The third kappa shape index (κ3) is 5.57. The predicted octanol–water partition coefficient (Wildman–Crippen LogP) is 3.54. The van der Waals surface area contributed by atoms with Gasteiger partial charge in [0.25, 0.3) is 5.91 Å². The number of ether oxygens (including phenoxy) is 2. The Morgan fingerprint density at radius 2 is 1.81 bits per heavy atom. The molecule has 0 aliphatic carbocycles. The minimum absolute atomic E-state index is 0.0265. The van der Waals surface area contributed by atoms with Gasteiger partial charge >= 0.3 is 0 Å². The van der Waals surface area contributed by atoms with Crippen molar-refractivity contribution in [2.75, 3.05) is 37.9 Å². The number of likely N-dealkylation sites (tertiary alicyclic amines) is 1. The quantitative estimate of drug-likeness (QED) is 0.623. The first kappa shape index (κ1) is 23.1. The van der Waals surface area contributed by atoms with Crippen LogP contribution in [0.2, 0.25) is 0 Å². The van der Waals surface area contributed by atoms with Crippen LogP contribution in [0.15, 0.2) is 42.5 Å². The highest BCUT2D eigenvalue weighted by Gasteiger charge is 2.33. The van der Waals surface area contributed by atoms with E-state index in [-0.39, 0.29) is 30.1 Å². The summed E-state index contributed by atoms with van der Waals surface area (Å²) in [6.45, 7) is 3.22. The van der Waals surface area contributed by atoms with Crippen molar-refractivity contribution in [1.29, 1.82) is 0 Å². The lowest BCUT2D eigenvalue weighted by Crippen LogP contribution is -2.29. The first-order chi connectivity index (χ1) is 15.4. The second kappa shape index (κ2) is 10.7. The van der Waals surface area contributed by atoms with E-state index in [1.165, 1.54) is 7.11 Å². The fourth-order valence-electron chi connectivity index (χ4n) is 3.57. The van der Waals surface area contributed by atoms with Gasteiger partial charge in [-0.1, -0.05) is 13.3 Å². The molecule has 170 valence electrons. The first-order valence-electron chi connectivity index (χ1n) is 10.7. The van der Waals surface area contributed by atoms with E-state index >= 15 is 0 Å². The molecule has 2 aromatic rings. The fraction of sp³-hybridized carbons (Fsp3) is 0.375. The zero-order valence-electron chi connectivity index (χ0n) is 18.6. The molecule has 0 bridgehead atoms. The highest BCUT2D eigenvalue weighted by Crippen LogP contribution is 2.29. The summed E-state index contributed by atoms with van der Waals surface area (Å²) in [7, 11) is 3.07. The zero-order valence-corrected chi connectivity index (χ0v) is 18.6. The molecule has 2 aromatic carbocycles. The number of amides is 3. The maximum atomic E-state index is 12.6. The smallest absolute Gasteiger partial charge is 0.255 e. The SMILES string of the molecule is CCCCN1C[C@H](C(=O)Nc2ccc(C(=O)Nc3cc(OC)ccc3OC)cc2)CC1=O. The molecule has 0 aromatic heterocycles. The second-order valence-electron chi connectivity index (χ2n) is 7.68. The lowest BCUT2D eigenvalue weighted by Gasteiger charge is -2.16. The van der Waals surface area contributed by atoms with Crippen LogP contribution in [-0.4, -0.2) is 49.9 Å². The lowest BCUT2D eigenvalue weighted by molar-refractivity contribution is -0.128. The van der Waals surface area contributed by atoms with Crippen LogP contribution >= 0.6 is 0 Å². The van der Waals surface area contributed by atoms with Gasteiger partial charge in [-0.2, -0.15) is 0 Å². The summed E-state index contributed by atoms with van der Waals surface area (Å²) >= 11 is 0. The van der Waals surface area contributed by atoms with Gasteiger partial charge in [0.1, 0.15) is 11.5 Å². The molecule has 8 nitrogen and oxygen atoms in total. The van der Waals surface area contributed by atoms with Crippen molar-refractivity contribution in [2.45, 2.75) is 26.2 Å². The van der Waals surface area contributed by atoms with Crippen molar-refractivity contribution in [3.05, 3.63) is 48.0 Å². The molecule has 0 saturated carbocycles. The Kier molecular flexibility index (Phi) is 7.70. The number of unbranched alkanes of at least 4 members (excludes halogenated alkanes) is 1. The van der Waals surface area contributed by atoms with Crippen molar-refractivity contribution >= 4 is 29.1 Å². The number of nitrogens with zero attached hydrogens (tertiary/aromatic N) is 1. The summed E-state index contributed by atoms with van der Waals surface area (Å²) in [5, 5.41) is 5.65. The van der Waals surface area contributed by atoms with Crippen LogP contribution in [0.1, 0.15) is 36.5 Å². The van der Waals surface area contributed by atoms with Crippen LogP contribution in [0.3, 0.4) is 0 Å². The summed E-state index contributed by atoms with van der Waals surface area (Å²) in [6, 6.07) is 11.7. The fourth-order valence-corrected chi connectivity index (χ4v) is 3.57. The lowest BCUT2D eigenvalue weighted by atomic mass is 10.1. The Morgan fingerprint density at radius 3 is 2.47 bits per heavy atom. The Morgan fingerprint density at radius 1 is 1.06 bits per heavy atom. The Hall–Kier alpha value is -3.55. The highest BCUT2D eigenvalue weighted by atomic mass is 16.5. The standard InChI is InChI=1S/C24H29N3O5/c1-4-5-12-27-15-17(13-22(27)28)24(30)25-18-8-6-16(7-9-18)23(29)26-20-14-19(31-2)10-11-21(20)32-3/h6-11,14,17H,4-5,12-13,15H2,1-3H3,(H,25,30)(H,26,29)/t17-/m1/s1. The van der Waals surface area contributed by atoms with Gasteiger partial charge in [0, 0.05) is 36.8 Å². The van der Waals surface area contributed by atoms with E-state index in [1.807, 2.05) is 0 Å². The van der Waals surface area contributed by atoms with Crippen molar-refractivity contribution in [2.24, 2.45) is 5.92 Å². The van der Waals surface area contributed by atoms with Crippen LogP contribution in [0.25, 0.3) is 0 Å². The number of carbonyl (C=O) groups excluding carboxylic acids is 3. The summed E-state index contributed by atoms with van der Waals surface area (Å²) in [5.41, 5.74) is 1.49. The van der Waals surface area contributed by atoms with E-state index in [0.29, 0.717) is 41.5 Å². The molecule has 3 rings (SSSR count). The van der Waals surface area contributed by atoms with E-state index < -0.39 is 0 Å². The average Bonchev–Trinajstić information content (AvgIpc) is 3.18. The molecule has 0 spiro atoms. The third-order valence-electron chi connectivity index (χ3n) is 5.44. The second-order valence-corrected chi connectivity index (χ2v) is 7.68. The number of hydrogen-bond acceptors (Lipinski definition) is 5. The van der Waals surface area contributed by atoms with Gasteiger partial charge in [0.15, 0.2) is 0 Å². The number of rotatable bonds is 9. The molecule has 0 unspecified atom stereocenters. The number of carbonyl (C=O) groups is 3. The first-order valence-corrected chi connectivity index (χ1v) is 10.7. The van der Waals surface area contributed by atoms with Gasteiger partial charge in [-0.3, -0.25) is 14.4 Å². The Labute approximate surface area is 187 Å². The number of methoxy groups -OCH3 is 2. The van der Waals surface area contributed by atoms with Gasteiger partial charge in [0.05, 0.1) is 25.8 Å². The van der Waals surface area contributed by atoms with Crippen molar-refractivity contribution < 1.29 is 23.9 Å². The summed E-state index contributed by atoms with van der Waals surface area (Å²) in [4.78, 5) is 39.1. The van der Waals surface area contributed by atoms with Crippen molar-refractivity contribution in [1.82, 2.24) is 4.90 Å². The topological polar surface area (TPSA) is 97.0 Å². The number of benzene rings is 2. The van der Waals surface area contributed by atoms with Crippen molar-refractivity contribution in [3.8, 4) is 11.5 Å². The monoisotopic (exact) mass is 439 g/mol. The van der Waals surface area contributed by atoms with Crippen LogP contribution in [0.5, 0.6) is 11.5 Å². The summed E-state index contributed by atoms with van der Waals surface area (Å²) < 4.78 is 10.5. The molecule has 3 amide bonds. The molecule has 1 saturated heterocycles.